The van der Waals surface area contributed by atoms with Crippen LogP contribution in [-0.4, -0.2) is 34.9 Å². The molecule has 23 heavy (non-hydrogen) atoms. The first kappa shape index (κ1) is 16.7. The Morgan fingerprint density at radius 3 is 2.57 bits per heavy atom. The number of esters is 1. The van der Waals surface area contributed by atoms with Crippen molar-refractivity contribution in [2.45, 2.75) is 26.8 Å². The number of aromatic nitrogens is 1. The van der Waals surface area contributed by atoms with Crippen LogP contribution in [0.2, 0.25) is 0 Å². The normalized spacial score (nSPS) is 12.0. The lowest BCUT2D eigenvalue weighted by molar-refractivity contribution is -0.146. The number of ether oxygens (including phenoxy) is 1. The molecule has 0 aliphatic heterocycles. The van der Waals surface area contributed by atoms with E-state index in [1.165, 1.54) is 6.92 Å². The summed E-state index contributed by atoms with van der Waals surface area (Å²) in [7, 11) is 1.84. The topological polar surface area (TPSA) is 77.4 Å². The van der Waals surface area contributed by atoms with Gasteiger partial charge in [-0.15, -0.1) is 0 Å². The molecule has 0 fully saturated rings. The average molecular weight is 316 g/mol. The number of Topliss-reactive ketones (excluding diaryl/α,β-unsaturated/α-hetero) is 1. The van der Waals surface area contributed by atoms with E-state index in [4.69, 9.17) is 4.74 Å². The highest BCUT2D eigenvalue weighted by Gasteiger charge is 2.26. The van der Waals surface area contributed by atoms with E-state index >= 15 is 0 Å². The summed E-state index contributed by atoms with van der Waals surface area (Å²) >= 11 is 0. The minimum atomic E-state index is -0.873. The lowest BCUT2D eigenvalue weighted by Crippen LogP contribution is -2.43. The maximum Gasteiger partial charge on any atom is 0.328 e. The Labute approximate surface area is 134 Å². The number of amides is 1. The number of nitrogens with one attached hydrogen (secondary N) is 1. The Kier molecular flexibility index (Phi) is 4.83. The van der Waals surface area contributed by atoms with Crippen LogP contribution in [0.1, 0.15) is 29.9 Å². The third-order valence-electron chi connectivity index (χ3n) is 3.82. The van der Waals surface area contributed by atoms with Crippen LogP contribution in [0.25, 0.3) is 10.9 Å². The van der Waals surface area contributed by atoms with Gasteiger partial charge in [-0.3, -0.25) is 9.59 Å². The highest BCUT2D eigenvalue weighted by Crippen LogP contribution is 2.25. The van der Waals surface area contributed by atoms with E-state index in [0.717, 1.165) is 10.9 Å². The van der Waals surface area contributed by atoms with Crippen LogP contribution in [0.4, 0.5) is 0 Å². The van der Waals surface area contributed by atoms with Crippen LogP contribution in [0.15, 0.2) is 24.3 Å². The maximum absolute atomic E-state index is 12.5. The molecule has 6 heteroatoms. The summed E-state index contributed by atoms with van der Waals surface area (Å²) in [6.45, 7) is 5.17. The number of para-hydroxylation sites is 1. The Morgan fingerprint density at radius 2 is 1.91 bits per heavy atom. The molecule has 0 radical (unpaired) electrons. The summed E-state index contributed by atoms with van der Waals surface area (Å²) in [5.41, 5.74) is 1.94. The number of benzene rings is 1. The van der Waals surface area contributed by atoms with Crippen molar-refractivity contribution >= 4 is 28.6 Å². The number of hydrogen-bond acceptors (Lipinski definition) is 4. The van der Waals surface area contributed by atoms with Gasteiger partial charge >= 0.3 is 5.97 Å². The van der Waals surface area contributed by atoms with Gasteiger partial charge in [0.1, 0.15) is 6.04 Å². The Bertz CT molecular complexity index is 776. The van der Waals surface area contributed by atoms with E-state index in [2.05, 4.69) is 5.32 Å². The molecule has 2 aromatic rings. The molecule has 122 valence electrons. The van der Waals surface area contributed by atoms with Crippen molar-refractivity contribution in [3.05, 3.63) is 35.5 Å². The maximum atomic E-state index is 12.5. The van der Waals surface area contributed by atoms with Crippen LogP contribution < -0.4 is 5.32 Å². The van der Waals surface area contributed by atoms with Crippen molar-refractivity contribution in [1.29, 1.82) is 0 Å². The second-order valence-electron chi connectivity index (χ2n) is 5.31. The van der Waals surface area contributed by atoms with Gasteiger partial charge in [0.25, 0.3) is 11.7 Å². The lowest BCUT2D eigenvalue weighted by Gasteiger charge is -2.12. The fourth-order valence-electron chi connectivity index (χ4n) is 2.51. The van der Waals surface area contributed by atoms with Gasteiger partial charge in [0, 0.05) is 23.6 Å². The zero-order chi connectivity index (χ0) is 17.1. The van der Waals surface area contributed by atoms with Crippen LogP contribution in [0.3, 0.4) is 0 Å². The van der Waals surface area contributed by atoms with Crippen LogP contribution in [-0.2, 0) is 21.4 Å². The second-order valence-corrected chi connectivity index (χ2v) is 5.31. The first-order valence-electron chi connectivity index (χ1n) is 7.44. The predicted octanol–water partition coefficient (Wildman–Crippen LogP) is 1.74. The minimum absolute atomic E-state index is 0.218. The summed E-state index contributed by atoms with van der Waals surface area (Å²) in [4.78, 5) is 36.3. The number of fused-ring (bicyclic) bond motifs is 1. The number of hydrogen-bond donors (Lipinski definition) is 1. The fourth-order valence-corrected chi connectivity index (χ4v) is 2.51. The molecule has 1 amide bonds. The van der Waals surface area contributed by atoms with Gasteiger partial charge in [-0.1, -0.05) is 18.2 Å². The molecular formula is C17H20N2O4. The summed E-state index contributed by atoms with van der Waals surface area (Å²) < 4.78 is 6.68. The predicted molar refractivity (Wildman–Crippen MR) is 86.2 cm³/mol. The van der Waals surface area contributed by atoms with Crippen molar-refractivity contribution in [2.75, 3.05) is 6.61 Å². The number of nitrogens with zero attached hydrogens (tertiary/aromatic N) is 1. The highest BCUT2D eigenvalue weighted by molar-refractivity contribution is 6.45. The SMILES string of the molecule is CCOC(=O)[C@@H](C)NC(=O)C(=O)c1c(C)n(C)c2ccccc12. The van der Waals surface area contributed by atoms with E-state index in [9.17, 15) is 14.4 Å². The highest BCUT2D eigenvalue weighted by atomic mass is 16.5. The lowest BCUT2D eigenvalue weighted by atomic mass is 10.1. The van der Waals surface area contributed by atoms with Gasteiger partial charge in [-0.2, -0.15) is 0 Å². The fraction of sp³-hybridized carbons (Fsp3) is 0.353. The number of rotatable bonds is 5. The quantitative estimate of drug-likeness (QED) is 0.518. The molecule has 0 aliphatic carbocycles. The molecule has 1 aromatic carbocycles. The first-order chi connectivity index (χ1) is 10.9. The van der Waals surface area contributed by atoms with Gasteiger partial charge in [-0.25, -0.2) is 4.79 Å². The minimum Gasteiger partial charge on any atom is -0.464 e. The van der Waals surface area contributed by atoms with Crippen molar-refractivity contribution < 1.29 is 19.1 Å². The van der Waals surface area contributed by atoms with Crippen molar-refractivity contribution in [3.8, 4) is 0 Å². The monoisotopic (exact) mass is 316 g/mol. The first-order valence-corrected chi connectivity index (χ1v) is 7.44. The van der Waals surface area contributed by atoms with Gasteiger partial charge in [0.2, 0.25) is 0 Å². The van der Waals surface area contributed by atoms with E-state index in [0.29, 0.717) is 11.3 Å². The third kappa shape index (κ3) is 3.11. The molecule has 1 heterocycles. The molecule has 2 rings (SSSR count). The molecule has 0 unspecified atom stereocenters. The molecule has 1 atom stereocenters. The smallest absolute Gasteiger partial charge is 0.328 e. The van der Waals surface area contributed by atoms with Crippen molar-refractivity contribution in [3.63, 3.8) is 0 Å². The van der Waals surface area contributed by atoms with E-state index in [1.807, 2.05) is 29.8 Å². The molecule has 1 N–H and O–H groups in total. The zero-order valence-corrected chi connectivity index (χ0v) is 13.7. The Balaban J connectivity index is 2.29. The summed E-state index contributed by atoms with van der Waals surface area (Å²) in [5.74, 6) is -2.04. The van der Waals surface area contributed by atoms with Crippen molar-refractivity contribution in [2.24, 2.45) is 7.05 Å². The average Bonchev–Trinajstić information content (AvgIpc) is 2.78. The van der Waals surface area contributed by atoms with Gasteiger partial charge in [-0.05, 0) is 26.8 Å². The van der Waals surface area contributed by atoms with Gasteiger partial charge in [0.05, 0.1) is 12.2 Å². The molecule has 0 bridgehead atoms. The number of carbonyl (C=O) groups is 3. The molecule has 6 nitrogen and oxygen atoms in total. The summed E-state index contributed by atoms with van der Waals surface area (Å²) in [6, 6.07) is 6.51. The number of aryl methyl sites for hydroxylation is 1. The molecule has 0 saturated heterocycles. The molecular weight excluding hydrogens is 296 g/mol. The Morgan fingerprint density at radius 1 is 1.26 bits per heavy atom. The summed E-state index contributed by atoms with van der Waals surface area (Å²) in [6.07, 6.45) is 0. The Hall–Kier alpha value is -2.63. The standard InChI is InChI=1S/C17H20N2O4/c1-5-23-17(22)10(2)18-16(21)15(20)14-11(3)19(4)13-9-7-6-8-12(13)14/h6-10H,5H2,1-4H3,(H,18,21)/t10-/m1/s1. The van der Waals surface area contributed by atoms with Crippen LogP contribution in [0.5, 0.6) is 0 Å². The molecule has 1 aromatic heterocycles. The number of ketones is 1. The van der Waals surface area contributed by atoms with Crippen LogP contribution in [0, 0.1) is 6.92 Å². The second kappa shape index (κ2) is 6.64. The van der Waals surface area contributed by atoms with E-state index in [-0.39, 0.29) is 6.61 Å². The third-order valence-corrected chi connectivity index (χ3v) is 3.82. The summed E-state index contributed by atoms with van der Waals surface area (Å²) in [5, 5.41) is 3.11. The van der Waals surface area contributed by atoms with Gasteiger partial charge < -0.3 is 14.6 Å². The largest absolute Gasteiger partial charge is 0.464 e. The van der Waals surface area contributed by atoms with E-state index < -0.39 is 23.7 Å². The van der Waals surface area contributed by atoms with E-state index in [1.54, 1.807) is 19.9 Å². The molecule has 0 spiro atoms. The van der Waals surface area contributed by atoms with Crippen LogP contribution >= 0.6 is 0 Å². The van der Waals surface area contributed by atoms with Gasteiger partial charge in [0.15, 0.2) is 0 Å². The molecule has 0 aliphatic rings. The zero-order valence-electron chi connectivity index (χ0n) is 13.7. The molecule has 0 saturated carbocycles. The van der Waals surface area contributed by atoms with Crippen molar-refractivity contribution in [1.82, 2.24) is 9.88 Å². The number of carbonyl (C=O) groups excluding carboxylic acids is 3.